The molecule has 1 aromatic heterocycles. The molecule has 2 aromatic rings. The summed E-state index contributed by atoms with van der Waals surface area (Å²) in [6.07, 6.45) is 6.45. The smallest absolute Gasteiger partial charge is 0.341 e. The molecule has 0 aliphatic heterocycles. The zero-order valence-corrected chi connectivity index (χ0v) is 14.8. The summed E-state index contributed by atoms with van der Waals surface area (Å²) < 4.78 is 5.24. The molecule has 0 spiro atoms. The third-order valence-electron chi connectivity index (χ3n) is 4.75. The van der Waals surface area contributed by atoms with Crippen molar-refractivity contribution < 1.29 is 9.53 Å². The number of carbonyl (C=O) groups is 1. The Balaban J connectivity index is 2.14. The predicted molar refractivity (Wildman–Crippen MR) is 97.7 cm³/mol. The number of carbonyl (C=O) groups excluding carboxylic acids is 1. The highest BCUT2D eigenvalue weighted by molar-refractivity contribution is 6.05. The lowest BCUT2D eigenvalue weighted by Crippen LogP contribution is -2.19. The van der Waals surface area contributed by atoms with E-state index in [2.05, 4.69) is 30.2 Å². The Hall–Kier alpha value is -2.10. The zero-order valence-electron chi connectivity index (χ0n) is 14.8. The fraction of sp³-hybridized carbons (Fsp3) is 0.500. The molecule has 24 heavy (non-hydrogen) atoms. The second-order valence-electron chi connectivity index (χ2n) is 6.79. The van der Waals surface area contributed by atoms with Crippen molar-refractivity contribution in [3.63, 3.8) is 0 Å². The van der Waals surface area contributed by atoms with Crippen molar-refractivity contribution in [3.8, 4) is 0 Å². The van der Waals surface area contributed by atoms with Gasteiger partial charge in [0, 0.05) is 17.6 Å². The number of hydrogen-bond acceptors (Lipinski definition) is 4. The lowest BCUT2D eigenvalue weighted by Gasteiger charge is -2.20. The Bertz CT molecular complexity index is 734. The SMILES string of the molecule is CCOC(=O)c1cnc2c(C(C)C)cccc2c1NC1CCCC1. The number of pyridine rings is 1. The van der Waals surface area contributed by atoms with Crippen LogP contribution in [0.2, 0.25) is 0 Å². The highest BCUT2D eigenvalue weighted by Crippen LogP contribution is 2.33. The molecule has 4 heteroatoms. The molecule has 1 aromatic carbocycles. The number of para-hydroxylation sites is 1. The first-order chi connectivity index (χ1) is 11.6. The number of benzene rings is 1. The Morgan fingerprint density at radius 1 is 1.33 bits per heavy atom. The van der Waals surface area contributed by atoms with Gasteiger partial charge >= 0.3 is 5.97 Å². The van der Waals surface area contributed by atoms with Gasteiger partial charge in [0.25, 0.3) is 0 Å². The summed E-state index contributed by atoms with van der Waals surface area (Å²) in [5.41, 5.74) is 3.60. The van der Waals surface area contributed by atoms with Crippen molar-refractivity contribution in [1.82, 2.24) is 4.98 Å². The maximum atomic E-state index is 12.4. The number of ether oxygens (including phenoxy) is 1. The molecular formula is C20H26N2O2. The Morgan fingerprint density at radius 3 is 2.75 bits per heavy atom. The maximum Gasteiger partial charge on any atom is 0.341 e. The molecule has 1 N–H and O–H groups in total. The molecule has 1 aliphatic carbocycles. The normalized spacial score (nSPS) is 15.2. The van der Waals surface area contributed by atoms with Gasteiger partial charge in [-0.1, -0.05) is 44.9 Å². The van der Waals surface area contributed by atoms with E-state index in [0.717, 1.165) is 29.4 Å². The van der Waals surface area contributed by atoms with E-state index in [-0.39, 0.29) is 5.97 Å². The first kappa shape index (κ1) is 16.7. The lowest BCUT2D eigenvalue weighted by molar-refractivity contribution is 0.0527. The van der Waals surface area contributed by atoms with E-state index in [9.17, 15) is 4.79 Å². The van der Waals surface area contributed by atoms with Gasteiger partial charge in [-0.25, -0.2) is 4.79 Å². The Labute approximate surface area is 143 Å². The molecule has 0 unspecified atom stereocenters. The maximum absolute atomic E-state index is 12.4. The van der Waals surface area contributed by atoms with Crippen molar-refractivity contribution in [2.24, 2.45) is 0 Å². The fourth-order valence-electron chi connectivity index (χ4n) is 3.51. The van der Waals surface area contributed by atoms with Crippen LogP contribution in [0.1, 0.15) is 68.3 Å². The van der Waals surface area contributed by atoms with Crippen molar-refractivity contribution in [3.05, 3.63) is 35.5 Å². The van der Waals surface area contributed by atoms with Gasteiger partial charge in [-0.2, -0.15) is 0 Å². The summed E-state index contributed by atoms with van der Waals surface area (Å²) in [7, 11) is 0. The molecule has 0 saturated heterocycles. The molecule has 3 rings (SSSR count). The molecule has 1 fully saturated rings. The lowest BCUT2D eigenvalue weighted by atomic mass is 9.97. The number of hydrogen-bond donors (Lipinski definition) is 1. The topological polar surface area (TPSA) is 51.2 Å². The van der Waals surface area contributed by atoms with Crippen LogP contribution in [0.25, 0.3) is 10.9 Å². The van der Waals surface area contributed by atoms with E-state index in [0.29, 0.717) is 24.1 Å². The summed E-state index contributed by atoms with van der Waals surface area (Å²) in [6, 6.07) is 6.64. The van der Waals surface area contributed by atoms with Gasteiger partial charge in [0.1, 0.15) is 5.56 Å². The van der Waals surface area contributed by atoms with Gasteiger partial charge in [-0.3, -0.25) is 4.98 Å². The van der Waals surface area contributed by atoms with Crippen LogP contribution in [0.15, 0.2) is 24.4 Å². The quantitative estimate of drug-likeness (QED) is 0.795. The van der Waals surface area contributed by atoms with Gasteiger partial charge in [0.2, 0.25) is 0 Å². The molecule has 0 atom stereocenters. The minimum atomic E-state index is -0.303. The predicted octanol–water partition coefficient (Wildman–Crippen LogP) is 4.89. The highest BCUT2D eigenvalue weighted by Gasteiger charge is 2.22. The van der Waals surface area contributed by atoms with E-state index < -0.39 is 0 Å². The largest absolute Gasteiger partial charge is 0.462 e. The fourth-order valence-corrected chi connectivity index (χ4v) is 3.51. The monoisotopic (exact) mass is 326 g/mol. The van der Waals surface area contributed by atoms with E-state index >= 15 is 0 Å². The van der Waals surface area contributed by atoms with Gasteiger partial charge in [-0.05, 0) is 31.2 Å². The number of anilines is 1. The average molecular weight is 326 g/mol. The van der Waals surface area contributed by atoms with Gasteiger partial charge < -0.3 is 10.1 Å². The second kappa shape index (κ2) is 7.20. The Kier molecular flexibility index (Phi) is 5.03. The molecule has 0 amide bonds. The van der Waals surface area contributed by atoms with Crippen molar-refractivity contribution >= 4 is 22.6 Å². The number of aromatic nitrogens is 1. The number of esters is 1. The van der Waals surface area contributed by atoms with Gasteiger partial charge in [0.05, 0.1) is 17.8 Å². The summed E-state index contributed by atoms with van der Waals surface area (Å²) in [5.74, 6) is 0.0799. The van der Waals surface area contributed by atoms with Crippen LogP contribution in [0.4, 0.5) is 5.69 Å². The van der Waals surface area contributed by atoms with E-state index in [4.69, 9.17) is 4.74 Å². The van der Waals surface area contributed by atoms with Crippen molar-refractivity contribution in [1.29, 1.82) is 0 Å². The summed E-state index contributed by atoms with van der Waals surface area (Å²) in [5, 5.41) is 4.63. The first-order valence-electron chi connectivity index (χ1n) is 8.97. The molecule has 0 radical (unpaired) electrons. The molecular weight excluding hydrogens is 300 g/mol. The van der Waals surface area contributed by atoms with Crippen LogP contribution in [-0.2, 0) is 4.74 Å². The molecule has 0 bridgehead atoms. The molecule has 1 saturated carbocycles. The summed E-state index contributed by atoms with van der Waals surface area (Å²) in [6.45, 7) is 6.53. The number of nitrogens with one attached hydrogen (secondary N) is 1. The van der Waals surface area contributed by atoms with Crippen LogP contribution in [0.5, 0.6) is 0 Å². The van der Waals surface area contributed by atoms with E-state index in [1.807, 2.05) is 19.1 Å². The third kappa shape index (κ3) is 3.23. The molecule has 1 aliphatic rings. The minimum absolute atomic E-state index is 0.303. The van der Waals surface area contributed by atoms with Gasteiger partial charge in [0.15, 0.2) is 0 Å². The first-order valence-corrected chi connectivity index (χ1v) is 8.97. The van der Waals surface area contributed by atoms with E-state index in [1.165, 1.54) is 18.4 Å². The molecule has 128 valence electrons. The minimum Gasteiger partial charge on any atom is -0.462 e. The molecule has 4 nitrogen and oxygen atoms in total. The van der Waals surface area contributed by atoms with Crippen molar-refractivity contribution in [2.45, 2.75) is 58.4 Å². The van der Waals surface area contributed by atoms with Crippen LogP contribution in [0, 0.1) is 0 Å². The van der Waals surface area contributed by atoms with Crippen molar-refractivity contribution in [2.75, 3.05) is 11.9 Å². The average Bonchev–Trinajstić information content (AvgIpc) is 3.07. The van der Waals surface area contributed by atoms with Gasteiger partial charge in [-0.15, -0.1) is 0 Å². The summed E-state index contributed by atoms with van der Waals surface area (Å²) >= 11 is 0. The number of fused-ring (bicyclic) bond motifs is 1. The van der Waals surface area contributed by atoms with Crippen LogP contribution >= 0.6 is 0 Å². The second-order valence-corrected chi connectivity index (χ2v) is 6.79. The Morgan fingerprint density at radius 2 is 2.08 bits per heavy atom. The van der Waals surface area contributed by atoms with E-state index in [1.54, 1.807) is 6.20 Å². The number of rotatable bonds is 5. The highest BCUT2D eigenvalue weighted by atomic mass is 16.5. The van der Waals surface area contributed by atoms with Crippen LogP contribution < -0.4 is 5.32 Å². The van der Waals surface area contributed by atoms with Crippen LogP contribution in [0.3, 0.4) is 0 Å². The standard InChI is InChI=1S/C20H26N2O2/c1-4-24-20(23)17-12-21-18-15(13(2)3)10-7-11-16(18)19(17)22-14-8-5-6-9-14/h7,10-14H,4-6,8-9H2,1-3H3,(H,21,22). The third-order valence-corrected chi connectivity index (χ3v) is 4.75. The number of nitrogens with zero attached hydrogens (tertiary/aromatic N) is 1. The molecule has 1 heterocycles. The zero-order chi connectivity index (χ0) is 17.1. The summed E-state index contributed by atoms with van der Waals surface area (Å²) in [4.78, 5) is 17.0. The van der Waals surface area contributed by atoms with Crippen LogP contribution in [-0.4, -0.2) is 23.6 Å².